The molecule has 3 rings (SSSR count). The molecule has 27 heavy (non-hydrogen) atoms. The number of nitrogens with zero attached hydrogens (tertiary/aromatic N) is 3. The second-order valence-corrected chi connectivity index (χ2v) is 8.68. The molecule has 144 valence electrons. The van der Waals surface area contributed by atoms with E-state index in [4.69, 9.17) is 4.52 Å². The van der Waals surface area contributed by atoms with Gasteiger partial charge in [-0.25, -0.2) is 8.42 Å². The van der Waals surface area contributed by atoms with Crippen molar-refractivity contribution in [2.45, 2.75) is 26.8 Å². The first kappa shape index (κ1) is 19.2. The number of benzene rings is 1. The van der Waals surface area contributed by atoms with E-state index in [0.29, 0.717) is 31.0 Å². The molecule has 0 saturated carbocycles. The Hall–Kier alpha value is -2.61. The number of aromatic nitrogens is 1. The van der Waals surface area contributed by atoms with Gasteiger partial charge >= 0.3 is 0 Å². The summed E-state index contributed by atoms with van der Waals surface area (Å²) in [5, 5.41) is 3.90. The average Bonchev–Trinajstić information content (AvgIpc) is 3.15. The highest BCUT2D eigenvalue weighted by atomic mass is 32.2. The molecule has 1 fully saturated rings. The Morgan fingerprint density at radius 1 is 1.30 bits per heavy atom. The van der Waals surface area contributed by atoms with Gasteiger partial charge in [0.15, 0.2) is 0 Å². The molecule has 2 aromatic rings. The van der Waals surface area contributed by atoms with Crippen LogP contribution in [0.5, 0.6) is 0 Å². The summed E-state index contributed by atoms with van der Waals surface area (Å²) in [6.07, 6.45) is 3.87. The Morgan fingerprint density at radius 3 is 2.56 bits per heavy atom. The number of likely N-dealkylation sites (N-methyl/N-ethyl adjacent to an activating group) is 1. The minimum Gasteiger partial charge on any atom is -0.361 e. The van der Waals surface area contributed by atoms with Crippen molar-refractivity contribution in [1.29, 1.82) is 0 Å². The molecular formula is C19H23N3O4S. The number of anilines is 1. The first-order valence-electron chi connectivity index (χ1n) is 8.73. The van der Waals surface area contributed by atoms with Gasteiger partial charge in [0.1, 0.15) is 5.76 Å². The van der Waals surface area contributed by atoms with E-state index in [1.54, 1.807) is 42.3 Å². The van der Waals surface area contributed by atoms with Gasteiger partial charge in [0.25, 0.3) is 0 Å². The second-order valence-electron chi connectivity index (χ2n) is 6.66. The van der Waals surface area contributed by atoms with Gasteiger partial charge in [-0.1, -0.05) is 17.3 Å². The van der Waals surface area contributed by atoms with Gasteiger partial charge in [0.2, 0.25) is 15.9 Å². The van der Waals surface area contributed by atoms with Crippen LogP contribution in [0.1, 0.15) is 29.0 Å². The van der Waals surface area contributed by atoms with Gasteiger partial charge in [-0.15, -0.1) is 0 Å². The number of hydrogen-bond acceptors (Lipinski definition) is 5. The molecule has 1 aromatic carbocycles. The lowest BCUT2D eigenvalue weighted by atomic mass is 10.1. The maximum atomic E-state index is 12.3. The minimum absolute atomic E-state index is 0.138. The molecule has 1 amide bonds. The van der Waals surface area contributed by atoms with Crippen molar-refractivity contribution in [3.8, 4) is 0 Å². The summed E-state index contributed by atoms with van der Waals surface area (Å²) < 4.78 is 30.5. The number of carbonyl (C=O) groups excluding carboxylic acids is 1. The summed E-state index contributed by atoms with van der Waals surface area (Å²) in [7, 11) is -1.46. The fourth-order valence-corrected chi connectivity index (χ4v) is 4.58. The molecule has 0 spiro atoms. The number of rotatable bonds is 5. The Kier molecular flexibility index (Phi) is 5.36. The van der Waals surface area contributed by atoms with E-state index < -0.39 is 10.0 Å². The number of hydrogen-bond donors (Lipinski definition) is 0. The lowest BCUT2D eigenvalue weighted by Gasteiger charge is -2.16. The highest BCUT2D eigenvalue weighted by Gasteiger charge is 2.28. The maximum absolute atomic E-state index is 12.3. The summed E-state index contributed by atoms with van der Waals surface area (Å²) in [4.78, 5) is 13.9. The molecule has 1 aliphatic heterocycles. The smallest absolute Gasteiger partial charge is 0.246 e. The first-order valence-corrected chi connectivity index (χ1v) is 10.3. The molecule has 0 N–H and O–H groups in total. The molecule has 0 radical (unpaired) electrons. The molecule has 1 saturated heterocycles. The number of aryl methyl sites for hydroxylation is 2. The molecule has 8 heteroatoms. The van der Waals surface area contributed by atoms with E-state index >= 15 is 0 Å². The molecule has 1 aliphatic rings. The second kappa shape index (κ2) is 7.56. The van der Waals surface area contributed by atoms with Crippen LogP contribution in [0, 0.1) is 13.8 Å². The van der Waals surface area contributed by atoms with Crippen LogP contribution in [0.25, 0.3) is 6.08 Å². The van der Waals surface area contributed by atoms with Crippen molar-refractivity contribution >= 4 is 27.7 Å². The Balaban J connectivity index is 1.64. The Bertz CT molecular complexity index is 942. The summed E-state index contributed by atoms with van der Waals surface area (Å²) in [6.45, 7) is 4.62. The number of amides is 1. The predicted molar refractivity (Wildman–Crippen MR) is 104 cm³/mol. The fraction of sp³-hybridized carbons (Fsp3) is 0.368. The van der Waals surface area contributed by atoms with Gasteiger partial charge in [-0.3, -0.25) is 9.10 Å². The van der Waals surface area contributed by atoms with Crippen molar-refractivity contribution in [3.63, 3.8) is 0 Å². The van der Waals surface area contributed by atoms with Crippen LogP contribution in [-0.4, -0.2) is 43.7 Å². The molecule has 2 heterocycles. The van der Waals surface area contributed by atoms with E-state index in [-0.39, 0.29) is 11.7 Å². The molecule has 0 aliphatic carbocycles. The lowest BCUT2D eigenvalue weighted by molar-refractivity contribution is -0.125. The summed E-state index contributed by atoms with van der Waals surface area (Å²) in [6, 6.07) is 7.14. The standard InChI is InChI=1S/C19H23N3O4S/c1-14-18(15(2)26-20-14)13-21(3)19(23)10-7-16-5-8-17(9-6-16)22-11-4-12-27(22,24)25/h5-10H,4,11-13H2,1-3H3/b10-7+. The molecule has 1 aromatic heterocycles. The van der Waals surface area contributed by atoms with Crippen LogP contribution in [0.15, 0.2) is 34.9 Å². The zero-order chi connectivity index (χ0) is 19.6. The van der Waals surface area contributed by atoms with Gasteiger partial charge < -0.3 is 9.42 Å². The molecule has 0 unspecified atom stereocenters. The number of carbonyl (C=O) groups is 1. The van der Waals surface area contributed by atoms with E-state index in [0.717, 1.165) is 16.8 Å². The average molecular weight is 389 g/mol. The Labute approximate surface area is 159 Å². The van der Waals surface area contributed by atoms with Crippen molar-refractivity contribution in [3.05, 3.63) is 52.9 Å². The van der Waals surface area contributed by atoms with E-state index in [2.05, 4.69) is 5.16 Å². The Morgan fingerprint density at radius 2 is 2.00 bits per heavy atom. The van der Waals surface area contributed by atoms with Gasteiger partial charge in [-0.2, -0.15) is 0 Å². The number of sulfonamides is 1. The third-order valence-corrected chi connectivity index (χ3v) is 6.52. The topological polar surface area (TPSA) is 83.7 Å². The van der Waals surface area contributed by atoms with E-state index in [1.807, 2.05) is 13.8 Å². The third kappa shape index (κ3) is 4.21. The van der Waals surface area contributed by atoms with E-state index in [9.17, 15) is 13.2 Å². The predicted octanol–water partition coefficient (Wildman–Crippen LogP) is 2.50. The largest absolute Gasteiger partial charge is 0.361 e. The summed E-state index contributed by atoms with van der Waals surface area (Å²) >= 11 is 0. The van der Waals surface area contributed by atoms with Crippen LogP contribution in [-0.2, 0) is 21.4 Å². The zero-order valence-corrected chi connectivity index (χ0v) is 16.5. The molecular weight excluding hydrogens is 366 g/mol. The van der Waals surface area contributed by atoms with Crippen LogP contribution in [0.2, 0.25) is 0 Å². The quantitative estimate of drug-likeness (QED) is 0.734. The zero-order valence-electron chi connectivity index (χ0n) is 15.7. The third-order valence-electron chi connectivity index (χ3n) is 4.65. The lowest BCUT2D eigenvalue weighted by Crippen LogP contribution is -2.25. The molecule has 7 nitrogen and oxygen atoms in total. The SMILES string of the molecule is Cc1noc(C)c1CN(C)C(=O)/C=C/c1ccc(N2CCCS2(=O)=O)cc1. The highest BCUT2D eigenvalue weighted by molar-refractivity contribution is 7.93. The van der Waals surface area contributed by atoms with E-state index in [1.165, 1.54) is 10.4 Å². The summed E-state index contributed by atoms with van der Waals surface area (Å²) in [5.41, 5.74) is 3.18. The monoisotopic (exact) mass is 389 g/mol. The first-order chi connectivity index (χ1) is 12.8. The fourth-order valence-electron chi connectivity index (χ4n) is 3.02. The maximum Gasteiger partial charge on any atom is 0.246 e. The van der Waals surface area contributed by atoms with Crippen LogP contribution >= 0.6 is 0 Å². The summed E-state index contributed by atoms with van der Waals surface area (Å²) in [5.74, 6) is 0.769. The highest BCUT2D eigenvalue weighted by Crippen LogP contribution is 2.24. The van der Waals surface area contributed by atoms with Crippen molar-refractivity contribution in [2.75, 3.05) is 23.7 Å². The molecule has 0 bridgehead atoms. The minimum atomic E-state index is -3.18. The normalized spacial score (nSPS) is 16.2. The van der Waals surface area contributed by atoms with Crippen LogP contribution in [0.4, 0.5) is 5.69 Å². The van der Waals surface area contributed by atoms with Crippen LogP contribution < -0.4 is 4.31 Å². The van der Waals surface area contributed by atoms with Gasteiger partial charge in [-0.05, 0) is 44.0 Å². The van der Waals surface area contributed by atoms with Gasteiger partial charge in [0.05, 0.1) is 23.7 Å². The van der Waals surface area contributed by atoms with Crippen LogP contribution in [0.3, 0.4) is 0 Å². The van der Waals surface area contributed by atoms with Crippen molar-refractivity contribution < 1.29 is 17.7 Å². The van der Waals surface area contributed by atoms with Crippen molar-refractivity contribution in [2.24, 2.45) is 0 Å². The van der Waals surface area contributed by atoms with Gasteiger partial charge in [0, 0.05) is 25.2 Å². The molecule has 0 atom stereocenters. The van der Waals surface area contributed by atoms with Crippen molar-refractivity contribution in [1.82, 2.24) is 10.1 Å².